The summed E-state index contributed by atoms with van der Waals surface area (Å²) in [6.07, 6.45) is 2.14. The van der Waals surface area contributed by atoms with Crippen LogP contribution in [0.4, 0.5) is 0 Å². The van der Waals surface area contributed by atoms with Gasteiger partial charge in [-0.3, -0.25) is 9.69 Å². The number of hydrogen-bond acceptors (Lipinski definition) is 3. The number of benzene rings is 1. The van der Waals surface area contributed by atoms with Gasteiger partial charge in [-0.15, -0.1) is 0 Å². The summed E-state index contributed by atoms with van der Waals surface area (Å²) in [6.45, 7) is 6.28. The zero-order valence-corrected chi connectivity index (χ0v) is 12.8. The second-order valence-corrected chi connectivity index (χ2v) is 6.17. The van der Waals surface area contributed by atoms with E-state index in [1.807, 2.05) is 0 Å². The number of nitrogens with zero attached hydrogens (tertiary/aromatic N) is 1. The van der Waals surface area contributed by atoms with E-state index in [2.05, 4.69) is 47.5 Å². The van der Waals surface area contributed by atoms with E-state index in [9.17, 15) is 4.79 Å². The zero-order valence-electron chi connectivity index (χ0n) is 12.8. The van der Waals surface area contributed by atoms with Gasteiger partial charge >= 0.3 is 5.97 Å². The lowest BCUT2D eigenvalue weighted by Crippen LogP contribution is -2.48. The first-order valence-corrected chi connectivity index (χ1v) is 7.85. The number of carboxylic acid groups (broad SMARTS) is 1. The Morgan fingerprint density at radius 1 is 1.33 bits per heavy atom. The monoisotopic (exact) mass is 290 g/mol. The van der Waals surface area contributed by atoms with Gasteiger partial charge in [0.15, 0.2) is 0 Å². The van der Waals surface area contributed by atoms with Gasteiger partial charge in [-0.05, 0) is 30.9 Å². The second-order valence-electron chi connectivity index (χ2n) is 6.17. The van der Waals surface area contributed by atoms with Crippen LogP contribution in [-0.4, -0.2) is 41.7 Å². The number of piperidine rings is 1. The van der Waals surface area contributed by atoms with E-state index >= 15 is 0 Å². The van der Waals surface area contributed by atoms with Crippen molar-refractivity contribution < 1.29 is 9.90 Å². The molecule has 0 radical (unpaired) electrons. The van der Waals surface area contributed by atoms with Gasteiger partial charge in [-0.25, -0.2) is 0 Å². The highest BCUT2D eigenvalue weighted by Crippen LogP contribution is 2.18. The summed E-state index contributed by atoms with van der Waals surface area (Å²) >= 11 is 0. The number of carboxylic acids is 1. The van der Waals surface area contributed by atoms with Crippen molar-refractivity contribution in [3.05, 3.63) is 35.9 Å². The molecule has 4 nitrogen and oxygen atoms in total. The molecule has 1 saturated heterocycles. The van der Waals surface area contributed by atoms with Gasteiger partial charge in [-0.2, -0.15) is 0 Å². The fourth-order valence-corrected chi connectivity index (χ4v) is 3.13. The molecule has 21 heavy (non-hydrogen) atoms. The number of carbonyl (C=O) groups is 1. The molecule has 2 N–H and O–H groups in total. The standard InChI is InChI=1S/C17H26N2O2/c1-14-10-16(18-9-5-8-17(20)21)13-19(11-14)12-15-6-3-2-4-7-15/h2-4,6-7,14,16,18H,5,8-13H2,1H3,(H,20,21). The summed E-state index contributed by atoms with van der Waals surface area (Å²) < 4.78 is 0. The van der Waals surface area contributed by atoms with E-state index in [0.29, 0.717) is 18.4 Å². The van der Waals surface area contributed by atoms with Crippen molar-refractivity contribution in [3.63, 3.8) is 0 Å². The normalized spacial score (nSPS) is 23.1. The van der Waals surface area contributed by atoms with Gasteiger partial charge < -0.3 is 10.4 Å². The first-order chi connectivity index (χ1) is 10.1. The molecule has 0 spiro atoms. The van der Waals surface area contributed by atoms with Crippen LogP contribution in [0.2, 0.25) is 0 Å². The van der Waals surface area contributed by atoms with Gasteiger partial charge in [-0.1, -0.05) is 37.3 Å². The smallest absolute Gasteiger partial charge is 0.303 e. The third kappa shape index (κ3) is 5.86. The lowest BCUT2D eigenvalue weighted by Gasteiger charge is -2.37. The third-order valence-corrected chi connectivity index (χ3v) is 3.98. The van der Waals surface area contributed by atoms with Crippen LogP contribution in [0.25, 0.3) is 0 Å². The van der Waals surface area contributed by atoms with Crippen molar-refractivity contribution in [1.29, 1.82) is 0 Å². The Bertz CT molecular complexity index is 436. The molecule has 116 valence electrons. The van der Waals surface area contributed by atoms with Gasteiger partial charge in [0.1, 0.15) is 0 Å². The van der Waals surface area contributed by atoms with Crippen molar-refractivity contribution in [2.45, 2.75) is 38.8 Å². The van der Waals surface area contributed by atoms with Crippen LogP contribution in [0.5, 0.6) is 0 Å². The Morgan fingerprint density at radius 2 is 2.10 bits per heavy atom. The maximum atomic E-state index is 10.5. The summed E-state index contributed by atoms with van der Waals surface area (Å²) in [7, 11) is 0. The molecule has 1 aromatic rings. The molecule has 1 heterocycles. The van der Waals surface area contributed by atoms with Crippen LogP contribution in [0, 0.1) is 5.92 Å². The third-order valence-electron chi connectivity index (χ3n) is 3.98. The minimum absolute atomic E-state index is 0.253. The van der Waals surface area contributed by atoms with Crippen molar-refractivity contribution >= 4 is 5.97 Å². The summed E-state index contributed by atoms with van der Waals surface area (Å²) in [6, 6.07) is 11.1. The molecule has 0 aliphatic carbocycles. The molecule has 0 saturated carbocycles. The zero-order chi connectivity index (χ0) is 15.1. The van der Waals surface area contributed by atoms with Gasteiger partial charge in [0, 0.05) is 32.1 Å². The molecular weight excluding hydrogens is 264 g/mol. The quantitative estimate of drug-likeness (QED) is 0.757. The number of rotatable bonds is 7. The number of hydrogen-bond donors (Lipinski definition) is 2. The first-order valence-electron chi connectivity index (χ1n) is 7.85. The maximum Gasteiger partial charge on any atom is 0.303 e. The highest BCUT2D eigenvalue weighted by molar-refractivity contribution is 5.66. The van der Waals surface area contributed by atoms with Crippen LogP contribution < -0.4 is 5.32 Å². The lowest BCUT2D eigenvalue weighted by molar-refractivity contribution is -0.137. The molecule has 0 aromatic heterocycles. The molecule has 2 rings (SSSR count). The molecule has 0 amide bonds. The lowest BCUT2D eigenvalue weighted by atomic mass is 9.95. The highest BCUT2D eigenvalue weighted by atomic mass is 16.4. The number of nitrogens with one attached hydrogen (secondary N) is 1. The minimum Gasteiger partial charge on any atom is -0.481 e. The Labute approximate surface area is 127 Å². The van der Waals surface area contributed by atoms with Crippen molar-refractivity contribution in [1.82, 2.24) is 10.2 Å². The Hall–Kier alpha value is -1.39. The summed E-state index contributed by atoms with van der Waals surface area (Å²) in [5.41, 5.74) is 1.36. The molecule has 1 fully saturated rings. The van der Waals surface area contributed by atoms with Crippen molar-refractivity contribution in [2.24, 2.45) is 5.92 Å². The van der Waals surface area contributed by atoms with Crippen molar-refractivity contribution in [2.75, 3.05) is 19.6 Å². The van der Waals surface area contributed by atoms with Gasteiger partial charge in [0.25, 0.3) is 0 Å². The topological polar surface area (TPSA) is 52.6 Å². The van der Waals surface area contributed by atoms with E-state index in [1.165, 1.54) is 12.0 Å². The fraction of sp³-hybridized carbons (Fsp3) is 0.588. The van der Waals surface area contributed by atoms with E-state index in [4.69, 9.17) is 5.11 Å². The van der Waals surface area contributed by atoms with Crippen LogP contribution in [0.15, 0.2) is 30.3 Å². The van der Waals surface area contributed by atoms with Crippen LogP contribution in [0.1, 0.15) is 31.7 Å². The second kappa shape index (κ2) is 8.15. The summed E-state index contributed by atoms with van der Waals surface area (Å²) in [5, 5.41) is 12.2. The maximum absolute atomic E-state index is 10.5. The van der Waals surface area contributed by atoms with E-state index < -0.39 is 5.97 Å². The van der Waals surface area contributed by atoms with E-state index in [-0.39, 0.29) is 6.42 Å². The fourth-order valence-electron chi connectivity index (χ4n) is 3.13. The number of aliphatic carboxylic acids is 1. The van der Waals surface area contributed by atoms with Crippen LogP contribution in [-0.2, 0) is 11.3 Å². The summed E-state index contributed by atoms with van der Waals surface area (Å²) in [4.78, 5) is 13.0. The SMILES string of the molecule is CC1CC(NCCCC(=O)O)CN(Cc2ccccc2)C1. The molecule has 4 heteroatoms. The largest absolute Gasteiger partial charge is 0.481 e. The van der Waals surface area contributed by atoms with Gasteiger partial charge in [0.2, 0.25) is 0 Å². The van der Waals surface area contributed by atoms with Crippen LogP contribution >= 0.6 is 0 Å². The highest BCUT2D eigenvalue weighted by Gasteiger charge is 2.24. The number of likely N-dealkylation sites (tertiary alicyclic amines) is 1. The molecule has 0 bridgehead atoms. The Kier molecular flexibility index (Phi) is 6.21. The average Bonchev–Trinajstić information content (AvgIpc) is 2.44. The molecule has 2 atom stereocenters. The van der Waals surface area contributed by atoms with E-state index in [0.717, 1.165) is 26.2 Å². The molecule has 1 aromatic carbocycles. The molecule has 1 aliphatic rings. The Morgan fingerprint density at radius 3 is 2.81 bits per heavy atom. The van der Waals surface area contributed by atoms with Gasteiger partial charge in [0.05, 0.1) is 0 Å². The summed E-state index contributed by atoms with van der Waals surface area (Å²) in [5.74, 6) is -0.0287. The van der Waals surface area contributed by atoms with Crippen molar-refractivity contribution in [3.8, 4) is 0 Å². The minimum atomic E-state index is -0.709. The van der Waals surface area contributed by atoms with Crippen LogP contribution in [0.3, 0.4) is 0 Å². The predicted octanol–water partition coefficient (Wildman–Crippen LogP) is 2.35. The molecule has 2 unspecified atom stereocenters. The molecular formula is C17H26N2O2. The van der Waals surface area contributed by atoms with E-state index in [1.54, 1.807) is 0 Å². The Balaban J connectivity index is 1.77. The predicted molar refractivity (Wildman–Crippen MR) is 84.2 cm³/mol. The average molecular weight is 290 g/mol. The first kappa shape index (κ1) is 16.0. The molecule has 1 aliphatic heterocycles.